The maximum Gasteiger partial charge on any atom is 0.0316 e. The van der Waals surface area contributed by atoms with Crippen LogP contribution in [0.4, 0.5) is 11.4 Å². The van der Waals surface area contributed by atoms with Gasteiger partial charge in [-0.2, -0.15) is 0 Å². The molecule has 4 N–H and O–H groups in total. The minimum Gasteiger partial charge on any atom is -0.399 e. The van der Waals surface area contributed by atoms with Gasteiger partial charge in [0.15, 0.2) is 0 Å². The molecule has 2 nitrogen and oxygen atoms in total. The predicted molar refractivity (Wildman–Crippen MR) is 174 cm³/mol. The fourth-order valence-electron chi connectivity index (χ4n) is 5.58. The highest BCUT2D eigenvalue weighted by atomic mass is 14.5. The van der Waals surface area contributed by atoms with Crippen molar-refractivity contribution >= 4 is 11.4 Å². The van der Waals surface area contributed by atoms with Crippen LogP contribution in [0.1, 0.15) is 96.9 Å². The Morgan fingerprint density at radius 2 is 0.775 bits per heavy atom. The summed E-state index contributed by atoms with van der Waals surface area (Å²) in [4.78, 5) is 0. The Morgan fingerprint density at radius 1 is 0.400 bits per heavy atom. The maximum absolute atomic E-state index is 6.06. The van der Waals surface area contributed by atoms with E-state index in [4.69, 9.17) is 11.5 Å². The van der Waals surface area contributed by atoms with Crippen LogP contribution in [0, 0.1) is 0 Å². The van der Waals surface area contributed by atoms with Crippen molar-refractivity contribution < 1.29 is 0 Å². The third kappa shape index (κ3) is 9.01. The van der Waals surface area contributed by atoms with Gasteiger partial charge in [0, 0.05) is 11.4 Å². The monoisotopic (exact) mass is 532 g/mol. The van der Waals surface area contributed by atoms with Gasteiger partial charge in [0.05, 0.1) is 0 Å². The molecule has 4 aromatic carbocycles. The standard InChI is InChI=1S/C38H48N2/c1-3-5-11-33-27-37(39)23-21-35(33)25-31-17-13-29(14-18-31)9-7-8-10-30-15-19-32(20-16-30)26-36-22-24-38(40)28-34(36)12-6-4-2/h13-24,27-28H,3-12,25-26,39-40H2,1-2H3. The molecule has 0 bridgehead atoms. The van der Waals surface area contributed by atoms with Gasteiger partial charge in [-0.25, -0.2) is 0 Å². The number of anilines is 2. The molecule has 210 valence electrons. The Balaban J connectivity index is 1.23. The highest BCUT2D eigenvalue weighted by molar-refractivity contribution is 5.47. The van der Waals surface area contributed by atoms with E-state index in [1.807, 2.05) is 12.1 Å². The second-order valence-corrected chi connectivity index (χ2v) is 11.5. The molecular weight excluding hydrogens is 484 g/mol. The van der Waals surface area contributed by atoms with Gasteiger partial charge in [0.1, 0.15) is 0 Å². The Hall–Kier alpha value is -3.52. The topological polar surface area (TPSA) is 52.0 Å². The second kappa shape index (κ2) is 15.3. The fraction of sp³-hybridized carbons (Fsp3) is 0.368. The van der Waals surface area contributed by atoms with E-state index in [1.165, 1.54) is 83.0 Å². The molecule has 40 heavy (non-hydrogen) atoms. The molecule has 4 aromatic rings. The lowest BCUT2D eigenvalue weighted by Crippen LogP contribution is -1.99. The number of aryl methyl sites for hydroxylation is 4. The van der Waals surface area contributed by atoms with Crippen molar-refractivity contribution in [1.82, 2.24) is 0 Å². The SMILES string of the molecule is CCCCc1cc(N)ccc1Cc1ccc(CCCCc2ccc(Cc3ccc(N)cc3CCCC)cc2)cc1. The molecule has 0 aliphatic carbocycles. The van der Waals surface area contributed by atoms with Gasteiger partial charge < -0.3 is 11.5 Å². The van der Waals surface area contributed by atoms with E-state index in [2.05, 4.69) is 86.6 Å². The van der Waals surface area contributed by atoms with Crippen LogP contribution >= 0.6 is 0 Å². The summed E-state index contributed by atoms with van der Waals surface area (Å²) in [6.45, 7) is 4.49. The smallest absolute Gasteiger partial charge is 0.0316 e. The van der Waals surface area contributed by atoms with Crippen LogP contribution in [-0.4, -0.2) is 0 Å². The van der Waals surface area contributed by atoms with Crippen LogP contribution in [0.25, 0.3) is 0 Å². The number of nitrogens with two attached hydrogens (primary N) is 2. The molecule has 2 heteroatoms. The molecule has 0 radical (unpaired) electrons. The van der Waals surface area contributed by atoms with Crippen LogP contribution < -0.4 is 11.5 Å². The van der Waals surface area contributed by atoms with Crippen LogP contribution in [0.2, 0.25) is 0 Å². The van der Waals surface area contributed by atoms with Crippen molar-refractivity contribution in [1.29, 1.82) is 0 Å². The minimum atomic E-state index is 0.871. The average molecular weight is 533 g/mol. The van der Waals surface area contributed by atoms with Crippen LogP contribution in [0.3, 0.4) is 0 Å². The van der Waals surface area contributed by atoms with E-state index in [1.54, 1.807) is 0 Å². The van der Waals surface area contributed by atoms with Gasteiger partial charge >= 0.3 is 0 Å². The highest BCUT2D eigenvalue weighted by Crippen LogP contribution is 2.22. The molecule has 0 aliphatic heterocycles. The molecule has 0 amide bonds. The number of nitrogen functional groups attached to an aromatic ring is 2. The number of hydrogen-bond acceptors (Lipinski definition) is 2. The Bertz CT molecular complexity index is 1210. The Morgan fingerprint density at radius 3 is 1.15 bits per heavy atom. The molecule has 0 aliphatic rings. The van der Waals surface area contributed by atoms with E-state index < -0.39 is 0 Å². The molecule has 0 spiro atoms. The molecule has 0 heterocycles. The van der Waals surface area contributed by atoms with Gasteiger partial charge in [-0.15, -0.1) is 0 Å². The Kier molecular flexibility index (Phi) is 11.3. The third-order valence-corrected chi connectivity index (χ3v) is 8.08. The number of benzene rings is 4. The zero-order valence-electron chi connectivity index (χ0n) is 24.7. The predicted octanol–water partition coefficient (Wildman–Crippen LogP) is 9.28. The summed E-state index contributed by atoms with van der Waals surface area (Å²) < 4.78 is 0. The number of hydrogen-bond donors (Lipinski definition) is 2. The molecule has 0 atom stereocenters. The first kappa shape index (κ1) is 29.5. The summed E-state index contributed by atoms with van der Waals surface area (Å²) in [5.74, 6) is 0. The quantitative estimate of drug-likeness (QED) is 0.118. The molecule has 0 saturated heterocycles. The Labute approximate surface area is 242 Å². The zero-order valence-corrected chi connectivity index (χ0v) is 24.7. The molecule has 0 fully saturated rings. The van der Waals surface area contributed by atoms with Gasteiger partial charge in [0.2, 0.25) is 0 Å². The molecule has 0 unspecified atom stereocenters. The third-order valence-electron chi connectivity index (χ3n) is 8.08. The molecule has 0 saturated carbocycles. The summed E-state index contributed by atoms with van der Waals surface area (Å²) in [6, 6.07) is 31.3. The zero-order chi connectivity index (χ0) is 28.2. The summed E-state index contributed by atoms with van der Waals surface area (Å²) in [5, 5.41) is 0. The summed E-state index contributed by atoms with van der Waals surface area (Å²) >= 11 is 0. The van der Waals surface area contributed by atoms with E-state index in [9.17, 15) is 0 Å². The van der Waals surface area contributed by atoms with Gasteiger partial charge in [-0.1, -0.05) is 87.4 Å². The van der Waals surface area contributed by atoms with E-state index in [0.717, 1.165) is 49.9 Å². The lowest BCUT2D eigenvalue weighted by Gasteiger charge is -2.12. The van der Waals surface area contributed by atoms with Gasteiger partial charge in [-0.3, -0.25) is 0 Å². The first-order valence-corrected chi connectivity index (χ1v) is 15.4. The van der Waals surface area contributed by atoms with Crippen LogP contribution in [-0.2, 0) is 38.5 Å². The summed E-state index contributed by atoms with van der Waals surface area (Å²) in [5.41, 5.74) is 25.1. The lowest BCUT2D eigenvalue weighted by molar-refractivity contribution is 0.734. The highest BCUT2D eigenvalue weighted by Gasteiger charge is 2.07. The lowest BCUT2D eigenvalue weighted by atomic mass is 9.94. The van der Waals surface area contributed by atoms with Crippen LogP contribution in [0.15, 0.2) is 84.9 Å². The van der Waals surface area contributed by atoms with Crippen molar-refractivity contribution in [2.45, 2.75) is 90.9 Å². The van der Waals surface area contributed by atoms with Crippen molar-refractivity contribution in [3.8, 4) is 0 Å². The van der Waals surface area contributed by atoms with Crippen LogP contribution in [0.5, 0.6) is 0 Å². The first-order chi connectivity index (χ1) is 19.5. The largest absolute Gasteiger partial charge is 0.399 e. The van der Waals surface area contributed by atoms with Gasteiger partial charge in [-0.05, 0) is 133 Å². The average Bonchev–Trinajstić information content (AvgIpc) is 2.97. The van der Waals surface area contributed by atoms with E-state index >= 15 is 0 Å². The summed E-state index contributed by atoms with van der Waals surface area (Å²) in [6.07, 6.45) is 13.7. The molecular formula is C38H48N2. The first-order valence-electron chi connectivity index (χ1n) is 15.4. The van der Waals surface area contributed by atoms with Crippen molar-refractivity contribution in [3.63, 3.8) is 0 Å². The van der Waals surface area contributed by atoms with E-state index in [-0.39, 0.29) is 0 Å². The van der Waals surface area contributed by atoms with Crippen molar-refractivity contribution in [2.75, 3.05) is 11.5 Å². The van der Waals surface area contributed by atoms with Crippen molar-refractivity contribution in [3.05, 3.63) is 129 Å². The summed E-state index contributed by atoms with van der Waals surface area (Å²) in [7, 11) is 0. The van der Waals surface area contributed by atoms with Gasteiger partial charge in [0.25, 0.3) is 0 Å². The maximum atomic E-state index is 6.06. The van der Waals surface area contributed by atoms with E-state index in [0.29, 0.717) is 0 Å². The second-order valence-electron chi connectivity index (χ2n) is 11.5. The molecule has 4 rings (SSSR count). The van der Waals surface area contributed by atoms with Crippen molar-refractivity contribution in [2.24, 2.45) is 0 Å². The minimum absolute atomic E-state index is 0.871. The molecule has 0 aromatic heterocycles. The number of rotatable bonds is 15. The number of unbranched alkanes of at least 4 members (excludes halogenated alkanes) is 3. The normalized spacial score (nSPS) is 11.2. The fourth-order valence-corrected chi connectivity index (χ4v) is 5.58.